The number of benzene rings is 1. The summed E-state index contributed by atoms with van der Waals surface area (Å²) in [7, 11) is 0. The smallest absolute Gasteiger partial charge is 0.267 e. The lowest BCUT2D eigenvalue weighted by atomic mass is 10.2. The first kappa shape index (κ1) is 11.4. The molecule has 0 spiro atoms. The van der Waals surface area contributed by atoms with Gasteiger partial charge in [0.05, 0.1) is 11.9 Å². The van der Waals surface area contributed by atoms with Gasteiger partial charge in [-0.05, 0) is 31.5 Å². The molecule has 0 atom stereocenters. The molecule has 0 fully saturated rings. The highest BCUT2D eigenvalue weighted by Crippen LogP contribution is 2.10. The van der Waals surface area contributed by atoms with Crippen molar-refractivity contribution >= 4 is 0 Å². The van der Waals surface area contributed by atoms with Crippen molar-refractivity contribution in [1.29, 1.82) is 0 Å². The monoisotopic (exact) mass is 236 g/mol. The highest BCUT2D eigenvalue weighted by molar-refractivity contribution is 5.33. The summed E-state index contributed by atoms with van der Waals surface area (Å²) in [5.74, 6) is -1.49. The minimum absolute atomic E-state index is 0.0793. The van der Waals surface area contributed by atoms with E-state index in [1.165, 1.54) is 6.20 Å². The molecule has 0 radical (unpaired) electrons. The van der Waals surface area contributed by atoms with Crippen molar-refractivity contribution < 1.29 is 8.78 Å². The number of halogens is 2. The third-order valence-electron chi connectivity index (χ3n) is 2.56. The summed E-state index contributed by atoms with van der Waals surface area (Å²) in [6, 6.07) is 2.87. The maximum atomic E-state index is 13.0. The average molecular weight is 236 g/mol. The minimum atomic E-state index is -0.744. The SMILES string of the molecule is Cc1cnn(-c2cc(F)cc(F)c2)c(=O)c1C. The molecular formula is C12H10F2N2O. The normalized spacial score (nSPS) is 10.6. The Hall–Kier alpha value is -2.04. The zero-order valence-electron chi connectivity index (χ0n) is 9.37. The first-order chi connectivity index (χ1) is 7.99. The summed E-state index contributed by atoms with van der Waals surface area (Å²) in [6.07, 6.45) is 1.49. The summed E-state index contributed by atoms with van der Waals surface area (Å²) < 4.78 is 27.1. The van der Waals surface area contributed by atoms with Crippen LogP contribution < -0.4 is 5.56 Å². The van der Waals surface area contributed by atoms with E-state index in [1.807, 2.05) is 0 Å². The summed E-state index contributed by atoms with van der Waals surface area (Å²) in [4.78, 5) is 11.9. The van der Waals surface area contributed by atoms with Crippen LogP contribution >= 0.6 is 0 Å². The van der Waals surface area contributed by atoms with Crippen LogP contribution in [0.1, 0.15) is 11.1 Å². The van der Waals surface area contributed by atoms with Gasteiger partial charge in [0.15, 0.2) is 0 Å². The fourth-order valence-electron chi connectivity index (χ4n) is 1.47. The van der Waals surface area contributed by atoms with Crippen molar-refractivity contribution in [3.8, 4) is 5.69 Å². The zero-order valence-corrected chi connectivity index (χ0v) is 9.37. The highest BCUT2D eigenvalue weighted by atomic mass is 19.1. The Balaban J connectivity index is 2.69. The maximum absolute atomic E-state index is 13.0. The Labute approximate surface area is 96.3 Å². The van der Waals surface area contributed by atoms with Crippen LogP contribution in [0.5, 0.6) is 0 Å². The second-order valence-corrected chi connectivity index (χ2v) is 3.80. The van der Waals surface area contributed by atoms with Crippen molar-refractivity contribution in [2.45, 2.75) is 13.8 Å². The maximum Gasteiger partial charge on any atom is 0.274 e. The van der Waals surface area contributed by atoms with Gasteiger partial charge in [0.25, 0.3) is 5.56 Å². The second kappa shape index (κ2) is 4.08. The van der Waals surface area contributed by atoms with Gasteiger partial charge in [-0.1, -0.05) is 0 Å². The van der Waals surface area contributed by atoms with E-state index < -0.39 is 11.6 Å². The largest absolute Gasteiger partial charge is 0.274 e. The van der Waals surface area contributed by atoms with Gasteiger partial charge in [-0.2, -0.15) is 9.78 Å². The molecule has 0 saturated heterocycles. The Morgan fingerprint density at radius 1 is 1.12 bits per heavy atom. The molecule has 2 aromatic rings. The van der Waals surface area contributed by atoms with Gasteiger partial charge in [0.2, 0.25) is 0 Å². The molecule has 0 bridgehead atoms. The van der Waals surface area contributed by atoms with Crippen LogP contribution in [0.25, 0.3) is 5.69 Å². The van der Waals surface area contributed by atoms with E-state index in [2.05, 4.69) is 5.10 Å². The average Bonchev–Trinajstić information content (AvgIpc) is 2.24. The Morgan fingerprint density at radius 3 is 2.29 bits per heavy atom. The number of rotatable bonds is 1. The van der Waals surface area contributed by atoms with Gasteiger partial charge in [0.1, 0.15) is 11.6 Å². The van der Waals surface area contributed by atoms with Crippen LogP contribution in [-0.4, -0.2) is 9.78 Å². The Bertz CT molecular complexity index is 615. The van der Waals surface area contributed by atoms with Gasteiger partial charge in [-0.3, -0.25) is 4.79 Å². The molecule has 2 rings (SSSR count). The summed E-state index contributed by atoms with van der Waals surface area (Å²) >= 11 is 0. The summed E-state index contributed by atoms with van der Waals surface area (Å²) in [5, 5.41) is 3.86. The van der Waals surface area contributed by atoms with E-state index in [0.717, 1.165) is 28.4 Å². The van der Waals surface area contributed by atoms with E-state index in [9.17, 15) is 13.6 Å². The molecule has 1 aromatic heterocycles. The molecule has 5 heteroatoms. The number of aryl methyl sites for hydroxylation is 1. The third kappa shape index (κ3) is 2.08. The van der Waals surface area contributed by atoms with Crippen LogP contribution in [0.3, 0.4) is 0 Å². The lowest BCUT2D eigenvalue weighted by Crippen LogP contribution is -2.24. The molecule has 1 aromatic carbocycles. The van der Waals surface area contributed by atoms with Crippen molar-refractivity contribution in [3.05, 3.63) is 57.5 Å². The van der Waals surface area contributed by atoms with E-state index in [1.54, 1.807) is 13.8 Å². The van der Waals surface area contributed by atoms with Gasteiger partial charge in [-0.25, -0.2) is 8.78 Å². The van der Waals surface area contributed by atoms with Crippen LogP contribution in [0, 0.1) is 25.5 Å². The number of hydrogen-bond acceptors (Lipinski definition) is 2. The summed E-state index contributed by atoms with van der Waals surface area (Å²) in [5.41, 5.74) is 0.943. The van der Waals surface area contributed by atoms with Gasteiger partial charge in [-0.15, -0.1) is 0 Å². The molecule has 0 N–H and O–H groups in total. The molecular weight excluding hydrogens is 226 g/mol. The van der Waals surface area contributed by atoms with Gasteiger partial charge in [0, 0.05) is 11.6 Å². The number of nitrogens with zero attached hydrogens (tertiary/aromatic N) is 2. The topological polar surface area (TPSA) is 34.9 Å². The highest BCUT2D eigenvalue weighted by Gasteiger charge is 2.08. The Morgan fingerprint density at radius 2 is 1.71 bits per heavy atom. The fourth-order valence-corrected chi connectivity index (χ4v) is 1.47. The van der Waals surface area contributed by atoms with Crippen LogP contribution in [0.15, 0.2) is 29.2 Å². The lowest BCUT2D eigenvalue weighted by molar-refractivity contribution is 0.579. The van der Waals surface area contributed by atoms with Crippen LogP contribution in [0.4, 0.5) is 8.78 Å². The molecule has 0 amide bonds. The molecule has 1 heterocycles. The van der Waals surface area contributed by atoms with E-state index >= 15 is 0 Å². The van der Waals surface area contributed by atoms with E-state index in [-0.39, 0.29) is 11.2 Å². The van der Waals surface area contributed by atoms with E-state index in [0.29, 0.717) is 5.56 Å². The lowest BCUT2D eigenvalue weighted by Gasteiger charge is -2.07. The molecule has 0 aliphatic heterocycles. The first-order valence-electron chi connectivity index (χ1n) is 5.01. The predicted molar refractivity (Wildman–Crippen MR) is 59.2 cm³/mol. The van der Waals surface area contributed by atoms with Gasteiger partial charge >= 0.3 is 0 Å². The molecule has 17 heavy (non-hydrogen) atoms. The summed E-state index contributed by atoms with van der Waals surface area (Å²) in [6.45, 7) is 3.39. The molecule has 0 saturated carbocycles. The fraction of sp³-hybridized carbons (Fsp3) is 0.167. The van der Waals surface area contributed by atoms with Crippen molar-refractivity contribution in [2.75, 3.05) is 0 Å². The van der Waals surface area contributed by atoms with Crippen molar-refractivity contribution in [3.63, 3.8) is 0 Å². The first-order valence-corrected chi connectivity index (χ1v) is 5.01. The van der Waals surface area contributed by atoms with Crippen LogP contribution in [0.2, 0.25) is 0 Å². The predicted octanol–water partition coefficient (Wildman–Crippen LogP) is 2.13. The molecule has 88 valence electrons. The third-order valence-corrected chi connectivity index (χ3v) is 2.56. The van der Waals surface area contributed by atoms with Gasteiger partial charge < -0.3 is 0 Å². The van der Waals surface area contributed by atoms with Crippen molar-refractivity contribution in [2.24, 2.45) is 0 Å². The Kier molecular flexibility index (Phi) is 2.75. The number of aromatic nitrogens is 2. The molecule has 0 aliphatic rings. The second-order valence-electron chi connectivity index (χ2n) is 3.80. The standard InChI is InChI=1S/C12H10F2N2O/c1-7-6-15-16(12(17)8(7)2)11-4-9(13)3-10(14)5-11/h3-6H,1-2H3. The molecule has 3 nitrogen and oxygen atoms in total. The minimum Gasteiger partial charge on any atom is -0.267 e. The van der Waals surface area contributed by atoms with E-state index in [4.69, 9.17) is 0 Å². The molecule has 0 unspecified atom stereocenters. The number of hydrogen-bond donors (Lipinski definition) is 0. The van der Waals surface area contributed by atoms with Crippen molar-refractivity contribution in [1.82, 2.24) is 9.78 Å². The molecule has 0 aliphatic carbocycles. The zero-order chi connectivity index (χ0) is 12.6. The quantitative estimate of drug-likeness (QED) is 0.760. The van der Waals surface area contributed by atoms with Crippen LogP contribution in [-0.2, 0) is 0 Å².